The van der Waals surface area contributed by atoms with Crippen molar-refractivity contribution in [2.24, 2.45) is 3.15 Å². The quantitative estimate of drug-likeness (QED) is 0.626. The summed E-state index contributed by atoms with van der Waals surface area (Å²) in [6.45, 7) is 0.306. The summed E-state index contributed by atoms with van der Waals surface area (Å²) in [6, 6.07) is 7.98. The molecular formula is C11H10IN3O2S2. The number of benzene rings is 1. The summed E-state index contributed by atoms with van der Waals surface area (Å²) < 4.78 is 33.0. The molecule has 0 aliphatic carbocycles. The maximum Gasteiger partial charge on any atom is 0.310 e. The van der Waals surface area contributed by atoms with Crippen LogP contribution in [0.25, 0.3) is 10.1 Å². The lowest BCUT2D eigenvalue weighted by Crippen LogP contribution is -2.31. The maximum absolute atomic E-state index is 12.0. The lowest BCUT2D eigenvalue weighted by atomic mass is 10.2. The van der Waals surface area contributed by atoms with Crippen molar-refractivity contribution in [2.45, 2.75) is 6.54 Å². The number of nitrogens with one attached hydrogen (secondary N) is 1. The van der Waals surface area contributed by atoms with E-state index in [0.717, 1.165) is 10.9 Å². The minimum Gasteiger partial charge on any atom is -0.211 e. The van der Waals surface area contributed by atoms with Gasteiger partial charge in [-0.2, -0.15) is 15.7 Å². The second-order valence-electron chi connectivity index (χ2n) is 3.80. The van der Waals surface area contributed by atoms with Crippen molar-refractivity contribution in [3.05, 3.63) is 47.6 Å². The van der Waals surface area contributed by atoms with Crippen LogP contribution in [0.3, 0.4) is 0 Å². The van der Waals surface area contributed by atoms with Crippen molar-refractivity contribution in [2.75, 3.05) is 0 Å². The number of fused-ring (bicyclic) bond motifs is 1. The molecule has 0 spiro atoms. The Labute approximate surface area is 125 Å². The van der Waals surface area contributed by atoms with Gasteiger partial charge in [-0.15, -0.1) is 11.3 Å². The molecular weight excluding hydrogens is 397 g/mol. The van der Waals surface area contributed by atoms with Gasteiger partial charge in [0, 0.05) is 17.4 Å². The summed E-state index contributed by atoms with van der Waals surface area (Å²) in [5, 5.41) is 3.10. The lowest BCUT2D eigenvalue weighted by Gasteiger charge is -2.11. The van der Waals surface area contributed by atoms with Gasteiger partial charge >= 0.3 is 10.2 Å². The van der Waals surface area contributed by atoms with Gasteiger partial charge in [0.05, 0.1) is 6.20 Å². The normalized spacial score (nSPS) is 15.1. The van der Waals surface area contributed by atoms with E-state index in [4.69, 9.17) is 0 Å². The molecule has 5 nitrogen and oxygen atoms in total. The molecule has 2 heterocycles. The van der Waals surface area contributed by atoms with Crippen LogP contribution in [0.4, 0.5) is 0 Å². The van der Waals surface area contributed by atoms with Crippen LogP contribution in [0.1, 0.15) is 5.56 Å². The van der Waals surface area contributed by atoms with Crippen LogP contribution < -0.4 is 4.72 Å². The molecule has 1 aromatic heterocycles. The fraction of sp³-hybridized carbons (Fsp3) is 0.0909. The zero-order chi connectivity index (χ0) is 13.3. The molecule has 0 saturated carbocycles. The zero-order valence-electron chi connectivity index (χ0n) is 9.65. The summed E-state index contributed by atoms with van der Waals surface area (Å²) >= 11 is 0.802. The monoisotopic (exact) mass is 407 g/mol. The number of nitrogens with zero attached hydrogens (tertiary/aromatic N) is 2. The average Bonchev–Trinajstić information content (AvgIpc) is 3.07. The number of hydrogen-bond acceptors (Lipinski definition) is 4. The predicted octanol–water partition coefficient (Wildman–Crippen LogP) is 3.09. The molecule has 1 aliphatic rings. The topological polar surface area (TPSA) is 61.8 Å². The molecule has 0 amide bonds. The molecule has 3 rings (SSSR count). The van der Waals surface area contributed by atoms with E-state index < -0.39 is 31.5 Å². The molecule has 0 unspecified atom stereocenters. The average molecular weight is 407 g/mol. The molecule has 19 heavy (non-hydrogen) atoms. The number of halogens is 1. The fourth-order valence-corrected chi connectivity index (χ4v) is 5.59. The van der Waals surface area contributed by atoms with Crippen LogP contribution in [-0.2, 0) is 16.8 Å². The zero-order valence-corrected chi connectivity index (χ0v) is 13.4. The van der Waals surface area contributed by atoms with Crippen LogP contribution in [0.15, 0.2) is 45.2 Å². The van der Waals surface area contributed by atoms with Crippen LogP contribution in [0.5, 0.6) is 0 Å². The standard InChI is InChI=1S/C11H10IN3O2S2/c16-19(17,15-6-5-13-12-15)14-7-9-8-18-11-4-2-1-3-10(9)11/h1-6,8,14H,7H2. The Morgan fingerprint density at radius 3 is 3.00 bits per heavy atom. The van der Waals surface area contributed by atoms with Crippen LogP contribution in [-0.4, -0.2) is 10.9 Å². The van der Waals surface area contributed by atoms with Crippen LogP contribution in [0, 0.1) is 0 Å². The first-order valence-corrected chi connectivity index (χ1v) is 9.67. The van der Waals surface area contributed by atoms with Gasteiger partial charge in [0.1, 0.15) is 21.3 Å². The molecule has 100 valence electrons. The summed E-state index contributed by atoms with van der Waals surface area (Å²) in [6.07, 6.45) is 3.04. The Balaban J connectivity index is 1.79. The predicted molar refractivity (Wildman–Crippen MR) is 85.0 cm³/mol. The summed E-state index contributed by atoms with van der Waals surface area (Å²) in [7, 11) is -3.45. The van der Waals surface area contributed by atoms with Gasteiger partial charge in [-0.3, -0.25) is 0 Å². The molecule has 0 bridgehead atoms. The molecule has 2 aromatic rings. The highest BCUT2D eigenvalue weighted by Crippen LogP contribution is 2.26. The number of hydrogen-bond donors (Lipinski definition) is 1. The number of rotatable bonds is 4. The molecule has 8 heteroatoms. The summed E-state index contributed by atoms with van der Waals surface area (Å²) in [5.74, 6) is 0. The Morgan fingerprint density at radius 2 is 2.21 bits per heavy atom. The summed E-state index contributed by atoms with van der Waals surface area (Å²) in [4.78, 5) is 0. The van der Waals surface area contributed by atoms with Gasteiger partial charge in [-0.25, -0.2) is 3.15 Å². The highest BCUT2D eigenvalue weighted by atomic mass is 127. The second kappa shape index (κ2) is 5.27. The fourth-order valence-electron chi connectivity index (χ4n) is 1.69. The maximum atomic E-state index is 12.0. The van der Waals surface area contributed by atoms with Crippen LogP contribution >= 0.6 is 32.6 Å². The first-order chi connectivity index (χ1) is 9.17. The molecule has 1 aromatic carbocycles. The van der Waals surface area contributed by atoms with Crippen molar-refractivity contribution in [3.8, 4) is 0 Å². The largest absolute Gasteiger partial charge is 0.310 e. The van der Waals surface area contributed by atoms with E-state index >= 15 is 0 Å². The van der Waals surface area contributed by atoms with E-state index in [1.165, 1.54) is 19.6 Å². The Morgan fingerprint density at radius 1 is 1.37 bits per heavy atom. The molecule has 1 N–H and O–H groups in total. The van der Waals surface area contributed by atoms with Crippen molar-refractivity contribution in [3.63, 3.8) is 0 Å². The Kier molecular flexibility index (Phi) is 3.65. The van der Waals surface area contributed by atoms with E-state index in [0.29, 0.717) is 6.54 Å². The molecule has 0 atom stereocenters. The third kappa shape index (κ3) is 2.71. The van der Waals surface area contributed by atoms with Gasteiger partial charge in [0.2, 0.25) is 0 Å². The number of thiophene rings is 1. The van der Waals surface area contributed by atoms with Crippen molar-refractivity contribution >= 4 is 52.9 Å². The first-order valence-electron chi connectivity index (χ1n) is 5.42. The van der Waals surface area contributed by atoms with E-state index in [1.807, 2.05) is 29.6 Å². The van der Waals surface area contributed by atoms with E-state index in [1.54, 1.807) is 11.3 Å². The van der Waals surface area contributed by atoms with Gasteiger partial charge in [-0.1, -0.05) is 18.2 Å². The SMILES string of the molecule is O=S(=O)(NCc1csc2ccccc12)N1C=CN=I1. The van der Waals surface area contributed by atoms with E-state index in [2.05, 4.69) is 7.87 Å². The molecule has 0 saturated heterocycles. The lowest BCUT2D eigenvalue weighted by molar-refractivity contribution is 0.561. The minimum absolute atomic E-state index is 0.306. The minimum atomic E-state index is -3.45. The smallest absolute Gasteiger partial charge is 0.211 e. The van der Waals surface area contributed by atoms with Gasteiger partial charge < -0.3 is 0 Å². The summed E-state index contributed by atoms with van der Waals surface area (Å²) in [5.41, 5.74) is 1.00. The Bertz CT molecular complexity index is 755. The van der Waals surface area contributed by atoms with Crippen molar-refractivity contribution < 1.29 is 8.42 Å². The first kappa shape index (κ1) is 13.2. The van der Waals surface area contributed by atoms with E-state index in [9.17, 15) is 8.42 Å². The molecule has 0 radical (unpaired) electrons. The van der Waals surface area contributed by atoms with Crippen LogP contribution in [0.2, 0.25) is 0 Å². The highest BCUT2D eigenvalue weighted by molar-refractivity contribution is 14.1. The Hall–Kier alpha value is -0.840. The highest BCUT2D eigenvalue weighted by Gasteiger charge is 2.19. The second-order valence-corrected chi connectivity index (χ2v) is 9.02. The molecule has 1 aliphatic heterocycles. The molecule has 0 fully saturated rings. The van der Waals surface area contributed by atoms with Gasteiger partial charge in [-0.05, 0) is 22.4 Å². The van der Waals surface area contributed by atoms with Crippen molar-refractivity contribution in [1.82, 2.24) is 7.24 Å². The third-order valence-electron chi connectivity index (χ3n) is 2.59. The van der Waals surface area contributed by atoms with Gasteiger partial charge in [0.25, 0.3) is 0 Å². The van der Waals surface area contributed by atoms with E-state index in [-0.39, 0.29) is 0 Å². The third-order valence-corrected chi connectivity index (χ3v) is 7.98. The van der Waals surface area contributed by atoms with Gasteiger partial charge in [0.15, 0.2) is 0 Å². The van der Waals surface area contributed by atoms with Crippen molar-refractivity contribution in [1.29, 1.82) is 0 Å².